The number of hydrogen-bond acceptors (Lipinski definition) is 4. The van der Waals surface area contributed by atoms with E-state index in [1.165, 1.54) is 0 Å². The Morgan fingerprint density at radius 3 is 2.64 bits per heavy atom. The molecule has 1 N–H and O–H groups in total. The molecule has 0 saturated heterocycles. The van der Waals surface area contributed by atoms with E-state index >= 15 is 0 Å². The number of aromatic nitrogens is 1. The molecule has 0 atom stereocenters. The van der Waals surface area contributed by atoms with Crippen molar-refractivity contribution >= 4 is 47.2 Å². The van der Waals surface area contributed by atoms with Crippen LogP contribution in [0.15, 0.2) is 34.6 Å². The lowest BCUT2D eigenvalue weighted by Crippen LogP contribution is -2.38. The molecule has 0 aliphatic heterocycles. The minimum Gasteiger partial charge on any atom is -0.357 e. The molecule has 0 saturated carbocycles. The number of rotatable bonds is 7. The summed E-state index contributed by atoms with van der Waals surface area (Å²) in [6, 6.07) is 7.77. The molecule has 28 heavy (non-hydrogen) atoms. The maximum Gasteiger partial charge on any atom is 0.253 e. The molecule has 0 fully saturated rings. The largest absolute Gasteiger partial charge is 0.357 e. The summed E-state index contributed by atoms with van der Waals surface area (Å²) in [6.45, 7) is 6.27. The van der Waals surface area contributed by atoms with E-state index in [4.69, 9.17) is 4.99 Å². The van der Waals surface area contributed by atoms with Crippen LogP contribution in [-0.2, 0) is 13.0 Å². The normalized spacial score (nSPS) is 11.0. The van der Waals surface area contributed by atoms with E-state index < -0.39 is 0 Å². The molecule has 1 heterocycles. The lowest BCUT2D eigenvalue weighted by Gasteiger charge is -2.21. The summed E-state index contributed by atoms with van der Waals surface area (Å²) in [5.41, 5.74) is 2.88. The van der Waals surface area contributed by atoms with Crippen LogP contribution in [-0.4, -0.2) is 60.9 Å². The number of carbonyl (C=O) groups excluding carboxylic acids is 1. The zero-order chi connectivity index (χ0) is 19.8. The summed E-state index contributed by atoms with van der Waals surface area (Å²) in [5, 5.41) is 6.49. The van der Waals surface area contributed by atoms with Gasteiger partial charge in [0.2, 0.25) is 0 Å². The predicted octanol–water partition coefficient (Wildman–Crippen LogP) is 3.41. The average Bonchev–Trinajstić information content (AvgIpc) is 3.05. The topological polar surface area (TPSA) is 60.8 Å². The zero-order valence-corrected chi connectivity index (χ0v) is 20.4. The summed E-state index contributed by atoms with van der Waals surface area (Å²) in [6.07, 6.45) is 0.785. The smallest absolute Gasteiger partial charge is 0.253 e. The van der Waals surface area contributed by atoms with Crippen molar-refractivity contribution in [1.29, 1.82) is 0 Å². The van der Waals surface area contributed by atoms with Crippen molar-refractivity contribution in [2.24, 2.45) is 4.99 Å². The molecule has 0 aliphatic carbocycles. The van der Waals surface area contributed by atoms with Crippen LogP contribution in [0.3, 0.4) is 0 Å². The number of amides is 1. The van der Waals surface area contributed by atoms with E-state index in [1.54, 1.807) is 30.3 Å². The molecule has 2 rings (SSSR count). The molecule has 6 nitrogen and oxygen atoms in total. The predicted molar refractivity (Wildman–Crippen MR) is 128 cm³/mol. The molecule has 1 aromatic carbocycles. The number of hydrogen-bond donors (Lipinski definition) is 1. The van der Waals surface area contributed by atoms with Gasteiger partial charge >= 0.3 is 0 Å². The molecular weight excluding hydrogens is 485 g/mol. The molecule has 8 heteroatoms. The number of nitrogens with one attached hydrogen (secondary N) is 1. The highest BCUT2D eigenvalue weighted by molar-refractivity contribution is 14.0. The van der Waals surface area contributed by atoms with Crippen molar-refractivity contribution in [2.75, 3.05) is 34.2 Å². The van der Waals surface area contributed by atoms with Crippen LogP contribution in [0.25, 0.3) is 0 Å². The average molecular weight is 515 g/mol. The van der Waals surface area contributed by atoms with Gasteiger partial charge in [0.05, 0.1) is 17.2 Å². The van der Waals surface area contributed by atoms with Crippen LogP contribution in [0.4, 0.5) is 0 Å². The Morgan fingerprint density at radius 2 is 2.04 bits per heavy atom. The summed E-state index contributed by atoms with van der Waals surface area (Å²) in [5.74, 6) is 0.885. The van der Waals surface area contributed by atoms with Crippen molar-refractivity contribution in [2.45, 2.75) is 26.8 Å². The summed E-state index contributed by atoms with van der Waals surface area (Å²) >= 11 is 1.66. The fraction of sp³-hybridized carbons (Fsp3) is 0.450. The van der Waals surface area contributed by atoms with Gasteiger partial charge in [-0.05, 0) is 38.0 Å². The standard InChI is InChI=1S/C20H29N5OS.HI/c1-6-21-20(25(5)13-18-14-27-15(2)23-18)22-11-10-16-8-7-9-17(12-16)19(26)24(3)4;/h7-9,12,14H,6,10-11,13H2,1-5H3,(H,21,22);1H. The Hall–Kier alpha value is -1.68. The van der Waals surface area contributed by atoms with Crippen LogP contribution in [0.5, 0.6) is 0 Å². The molecule has 0 bridgehead atoms. The molecule has 0 radical (unpaired) electrons. The monoisotopic (exact) mass is 515 g/mol. The highest BCUT2D eigenvalue weighted by Crippen LogP contribution is 2.11. The minimum atomic E-state index is 0. The van der Waals surface area contributed by atoms with Crippen molar-refractivity contribution in [3.8, 4) is 0 Å². The maximum absolute atomic E-state index is 12.1. The lowest BCUT2D eigenvalue weighted by molar-refractivity contribution is 0.0827. The molecular formula is C20H30IN5OS. The minimum absolute atomic E-state index is 0. The fourth-order valence-corrected chi connectivity index (χ4v) is 3.28. The first-order valence-electron chi connectivity index (χ1n) is 9.11. The first kappa shape index (κ1) is 24.4. The van der Waals surface area contributed by atoms with Crippen LogP contribution < -0.4 is 5.32 Å². The first-order valence-corrected chi connectivity index (χ1v) is 9.99. The highest BCUT2D eigenvalue weighted by Gasteiger charge is 2.10. The first-order chi connectivity index (χ1) is 12.9. The van der Waals surface area contributed by atoms with Crippen LogP contribution in [0.1, 0.15) is 33.5 Å². The Labute approximate surface area is 189 Å². The van der Waals surface area contributed by atoms with E-state index in [2.05, 4.69) is 27.5 Å². The third-order valence-electron chi connectivity index (χ3n) is 4.00. The molecule has 1 aromatic heterocycles. The Kier molecular flexibility index (Phi) is 10.4. The van der Waals surface area contributed by atoms with Gasteiger partial charge in [-0.25, -0.2) is 4.98 Å². The van der Waals surface area contributed by atoms with Gasteiger partial charge in [-0.15, -0.1) is 35.3 Å². The maximum atomic E-state index is 12.1. The quantitative estimate of drug-likeness (QED) is 0.349. The summed E-state index contributed by atoms with van der Waals surface area (Å²) < 4.78 is 0. The SMILES string of the molecule is CCNC(=NCCc1cccc(C(=O)N(C)C)c1)N(C)Cc1csc(C)n1.I. The lowest BCUT2D eigenvalue weighted by atomic mass is 10.1. The number of nitrogens with zero attached hydrogens (tertiary/aromatic N) is 4. The van der Waals surface area contributed by atoms with Crippen LogP contribution in [0.2, 0.25) is 0 Å². The Bertz CT molecular complexity index is 790. The second-order valence-corrected chi connectivity index (χ2v) is 7.66. The van der Waals surface area contributed by atoms with E-state index in [0.717, 1.165) is 41.7 Å². The van der Waals surface area contributed by atoms with E-state index in [9.17, 15) is 4.79 Å². The fourth-order valence-electron chi connectivity index (χ4n) is 2.68. The van der Waals surface area contributed by atoms with Crippen LogP contribution in [0, 0.1) is 6.92 Å². The van der Waals surface area contributed by atoms with Gasteiger partial charge in [0.15, 0.2) is 5.96 Å². The molecule has 0 spiro atoms. The third kappa shape index (κ3) is 7.38. The Morgan fingerprint density at radius 1 is 1.29 bits per heavy atom. The van der Waals surface area contributed by atoms with Gasteiger partial charge in [-0.1, -0.05) is 12.1 Å². The van der Waals surface area contributed by atoms with E-state index in [1.807, 2.05) is 38.2 Å². The summed E-state index contributed by atoms with van der Waals surface area (Å²) in [7, 11) is 5.55. The number of halogens is 1. The van der Waals surface area contributed by atoms with Crippen molar-refractivity contribution in [3.05, 3.63) is 51.5 Å². The highest BCUT2D eigenvalue weighted by atomic mass is 127. The van der Waals surface area contributed by atoms with Gasteiger partial charge in [0.1, 0.15) is 0 Å². The molecule has 2 aromatic rings. The van der Waals surface area contributed by atoms with Crippen molar-refractivity contribution in [1.82, 2.24) is 20.1 Å². The van der Waals surface area contributed by atoms with Gasteiger partial charge in [0, 0.05) is 45.2 Å². The van der Waals surface area contributed by atoms with Crippen molar-refractivity contribution < 1.29 is 4.79 Å². The van der Waals surface area contributed by atoms with Crippen LogP contribution >= 0.6 is 35.3 Å². The van der Waals surface area contributed by atoms with E-state index in [0.29, 0.717) is 12.1 Å². The second-order valence-electron chi connectivity index (χ2n) is 6.60. The number of aliphatic imine (C=N–C) groups is 1. The summed E-state index contributed by atoms with van der Waals surface area (Å²) in [4.78, 5) is 25.0. The van der Waals surface area contributed by atoms with Gasteiger partial charge in [-0.2, -0.15) is 0 Å². The molecule has 0 unspecified atom stereocenters. The third-order valence-corrected chi connectivity index (χ3v) is 4.83. The number of carbonyl (C=O) groups is 1. The van der Waals surface area contributed by atoms with Gasteiger partial charge < -0.3 is 15.1 Å². The van der Waals surface area contributed by atoms with Gasteiger partial charge in [0.25, 0.3) is 5.91 Å². The van der Waals surface area contributed by atoms with Crippen molar-refractivity contribution in [3.63, 3.8) is 0 Å². The Balaban J connectivity index is 0.00000392. The number of aryl methyl sites for hydroxylation is 1. The number of thiazole rings is 1. The van der Waals surface area contributed by atoms with E-state index in [-0.39, 0.29) is 29.9 Å². The number of benzene rings is 1. The number of guanidine groups is 1. The van der Waals surface area contributed by atoms with Gasteiger partial charge in [-0.3, -0.25) is 9.79 Å². The molecule has 0 aliphatic rings. The second kappa shape index (κ2) is 12.0. The zero-order valence-electron chi connectivity index (χ0n) is 17.2. The molecule has 1 amide bonds. The molecule has 154 valence electrons.